The van der Waals surface area contributed by atoms with Gasteiger partial charge >= 0.3 is 0 Å². The molecule has 7 heteroatoms. The van der Waals surface area contributed by atoms with Crippen molar-refractivity contribution in [2.45, 2.75) is 72.4 Å². The third kappa shape index (κ3) is 4.61. The predicted octanol–water partition coefficient (Wildman–Crippen LogP) is 2.90. The van der Waals surface area contributed by atoms with Crippen LogP contribution >= 0.6 is 0 Å². The van der Waals surface area contributed by atoms with Gasteiger partial charge < -0.3 is 15.3 Å². The summed E-state index contributed by atoms with van der Waals surface area (Å²) < 4.78 is 0. The monoisotopic (exact) mass is 430 g/mol. The van der Waals surface area contributed by atoms with Gasteiger partial charge in [-0.15, -0.1) is 0 Å². The molecule has 2 N–H and O–H groups in total. The molecule has 172 valence electrons. The molecule has 0 saturated heterocycles. The van der Waals surface area contributed by atoms with Gasteiger partial charge in [-0.1, -0.05) is 20.8 Å². The molecule has 3 rings (SSSR count). The first-order valence-electron chi connectivity index (χ1n) is 11.8. The molecule has 2 aliphatic rings. The summed E-state index contributed by atoms with van der Waals surface area (Å²) in [6, 6.07) is -0.0326. The van der Waals surface area contributed by atoms with Gasteiger partial charge in [0.2, 0.25) is 5.91 Å². The molecular formula is C24H38N4O3. The van der Waals surface area contributed by atoms with Crippen LogP contribution in [0.3, 0.4) is 0 Å². The Kier molecular flexibility index (Phi) is 7.35. The van der Waals surface area contributed by atoms with Crippen molar-refractivity contribution in [3.05, 3.63) is 24.3 Å². The Hall–Kier alpha value is -2.02. The molecular weight excluding hydrogens is 392 g/mol. The molecule has 1 heterocycles. The van der Waals surface area contributed by atoms with Gasteiger partial charge in [0, 0.05) is 37.4 Å². The fourth-order valence-corrected chi connectivity index (χ4v) is 6.16. The largest absolute Gasteiger partial charge is 0.392 e. The summed E-state index contributed by atoms with van der Waals surface area (Å²) in [6.45, 7) is 11.7. The van der Waals surface area contributed by atoms with E-state index in [0.717, 1.165) is 25.7 Å². The van der Waals surface area contributed by atoms with Crippen LogP contribution in [0.15, 0.2) is 18.6 Å². The summed E-state index contributed by atoms with van der Waals surface area (Å²) in [5.74, 6) is -0.203. The van der Waals surface area contributed by atoms with Gasteiger partial charge in [-0.2, -0.15) is 0 Å². The Balaban J connectivity index is 1.75. The first-order chi connectivity index (χ1) is 14.7. The number of amides is 2. The van der Waals surface area contributed by atoms with Crippen molar-refractivity contribution in [3.8, 4) is 0 Å². The quantitative estimate of drug-likeness (QED) is 0.724. The number of hydrogen-bond acceptors (Lipinski definition) is 5. The van der Waals surface area contributed by atoms with Crippen molar-refractivity contribution >= 4 is 11.8 Å². The van der Waals surface area contributed by atoms with E-state index in [1.54, 1.807) is 6.20 Å². The van der Waals surface area contributed by atoms with E-state index in [-0.39, 0.29) is 46.9 Å². The second-order valence-corrected chi connectivity index (χ2v) is 9.74. The maximum atomic E-state index is 13.0. The lowest BCUT2D eigenvalue weighted by Gasteiger charge is -2.56. The minimum absolute atomic E-state index is 0.0288. The van der Waals surface area contributed by atoms with E-state index in [0.29, 0.717) is 18.8 Å². The third-order valence-electron chi connectivity index (χ3n) is 8.11. The SMILES string of the molecule is CCN(CC)C(=O)[C@@H](C)C1CC[C@@]2(C)CC[C@H](NC(=O)c3cnccn3)[C@@H](C)[C@@H]2[C@H]1O. The molecule has 0 radical (unpaired) electrons. The van der Waals surface area contributed by atoms with E-state index in [4.69, 9.17) is 0 Å². The Morgan fingerprint density at radius 2 is 1.94 bits per heavy atom. The summed E-state index contributed by atoms with van der Waals surface area (Å²) in [4.78, 5) is 35.6. The zero-order valence-corrected chi connectivity index (χ0v) is 19.5. The fraction of sp³-hybridized carbons (Fsp3) is 0.750. The highest BCUT2D eigenvalue weighted by molar-refractivity contribution is 5.92. The van der Waals surface area contributed by atoms with E-state index in [1.807, 2.05) is 25.7 Å². The molecule has 1 aromatic rings. The number of hydrogen-bond donors (Lipinski definition) is 2. The standard InChI is InChI=1S/C24H38N4O3/c1-6-28(7-2)23(31)15(3)17-8-10-24(5)11-9-18(16(4)20(24)21(17)29)27-22(30)19-14-25-12-13-26-19/h12-18,20-21,29H,6-11H2,1-5H3,(H,27,30)/t15-,16+,17?,18-,20+,21-,24-/m0/s1. The van der Waals surface area contributed by atoms with E-state index < -0.39 is 6.10 Å². The molecule has 2 aliphatic carbocycles. The number of carbonyl (C=O) groups excluding carboxylic acids is 2. The maximum Gasteiger partial charge on any atom is 0.271 e. The molecule has 0 bridgehead atoms. The first-order valence-corrected chi connectivity index (χ1v) is 11.8. The summed E-state index contributed by atoms with van der Waals surface area (Å²) in [5.41, 5.74) is 0.338. The Morgan fingerprint density at radius 1 is 1.26 bits per heavy atom. The Labute approximate surface area is 186 Å². The van der Waals surface area contributed by atoms with Gasteiger partial charge in [0.25, 0.3) is 5.91 Å². The van der Waals surface area contributed by atoms with Gasteiger partial charge in [0.1, 0.15) is 5.69 Å². The topological polar surface area (TPSA) is 95.4 Å². The zero-order chi connectivity index (χ0) is 22.8. The Bertz CT molecular complexity index is 769. The molecule has 31 heavy (non-hydrogen) atoms. The van der Waals surface area contributed by atoms with E-state index in [9.17, 15) is 14.7 Å². The average Bonchev–Trinajstić information content (AvgIpc) is 2.76. The van der Waals surface area contributed by atoms with Gasteiger partial charge in [-0.25, -0.2) is 4.98 Å². The third-order valence-corrected chi connectivity index (χ3v) is 8.11. The number of aliphatic hydroxyl groups is 1. The smallest absolute Gasteiger partial charge is 0.271 e. The molecule has 2 saturated carbocycles. The number of aliphatic hydroxyl groups excluding tert-OH is 1. The normalized spacial score (nSPS) is 33.8. The molecule has 0 aliphatic heterocycles. The highest BCUT2D eigenvalue weighted by Gasteiger charge is 2.54. The van der Waals surface area contributed by atoms with Crippen LogP contribution in [0.2, 0.25) is 0 Å². The van der Waals surface area contributed by atoms with Crippen molar-refractivity contribution in [1.82, 2.24) is 20.2 Å². The second kappa shape index (κ2) is 9.63. The highest BCUT2D eigenvalue weighted by atomic mass is 16.3. The number of nitrogens with one attached hydrogen (secondary N) is 1. The maximum absolute atomic E-state index is 13.0. The highest BCUT2D eigenvalue weighted by Crippen LogP contribution is 2.55. The summed E-state index contributed by atoms with van der Waals surface area (Å²) >= 11 is 0. The molecule has 1 aromatic heterocycles. The number of rotatable bonds is 6. The van der Waals surface area contributed by atoms with Crippen LogP contribution in [0.4, 0.5) is 0 Å². The van der Waals surface area contributed by atoms with Crippen molar-refractivity contribution in [1.29, 1.82) is 0 Å². The summed E-state index contributed by atoms with van der Waals surface area (Å²) in [7, 11) is 0. The lowest BCUT2D eigenvalue weighted by Crippen LogP contribution is -2.58. The van der Waals surface area contributed by atoms with Crippen molar-refractivity contribution in [2.24, 2.45) is 29.1 Å². The van der Waals surface area contributed by atoms with Gasteiger partial charge in [0.05, 0.1) is 12.3 Å². The molecule has 2 amide bonds. The molecule has 7 atom stereocenters. The minimum atomic E-state index is -0.556. The van der Waals surface area contributed by atoms with Gasteiger partial charge in [-0.3, -0.25) is 14.6 Å². The number of aromatic nitrogens is 2. The number of nitrogens with zero attached hydrogens (tertiary/aromatic N) is 3. The van der Waals surface area contributed by atoms with Crippen LogP contribution in [0.5, 0.6) is 0 Å². The summed E-state index contributed by atoms with van der Waals surface area (Å²) in [6.07, 6.45) is 7.68. The number of fused-ring (bicyclic) bond motifs is 1. The van der Waals surface area contributed by atoms with Crippen LogP contribution < -0.4 is 5.32 Å². The summed E-state index contributed by atoms with van der Waals surface area (Å²) in [5, 5.41) is 14.6. The van der Waals surface area contributed by atoms with Crippen LogP contribution in [-0.2, 0) is 4.79 Å². The van der Waals surface area contributed by atoms with Gasteiger partial charge in [-0.05, 0) is 62.7 Å². The van der Waals surface area contributed by atoms with E-state index in [2.05, 4.69) is 29.1 Å². The molecule has 0 spiro atoms. The van der Waals surface area contributed by atoms with E-state index in [1.165, 1.54) is 12.4 Å². The van der Waals surface area contributed by atoms with E-state index >= 15 is 0 Å². The zero-order valence-electron chi connectivity index (χ0n) is 19.5. The molecule has 2 fully saturated rings. The van der Waals surface area contributed by atoms with Crippen molar-refractivity contribution < 1.29 is 14.7 Å². The van der Waals surface area contributed by atoms with Crippen molar-refractivity contribution in [3.63, 3.8) is 0 Å². The lowest BCUT2D eigenvalue weighted by atomic mass is 9.51. The molecule has 1 unspecified atom stereocenters. The fourth-order valence-electron chi connectivity index (χ4n) is 6.16. The number of carbonyl (C=O) groups is 2. The van der Waals surface area contributed by atoms with Crippen LogP contribution in [0, 0.1) is 29.1 Å². The first kappa shape index (κ1) is 23.6. The van der Waals surface area contributed by atoms with Crippen LogP contribution in [0.1, 0.15) is 70.8 Å². The van der Waals surface area contributed by atoms with Crippen LogP contribution in [0.25, 0.3) is 0 Å². The molecule has 7 nitrogen and oxygen atoms in total. The van der Waals surface area contributed by atoms with Crippen LogP contribution in [-0.4, -0.2) is 57.0 Å². The molecule has 0 aromatic carbocycles. The lowest BCUT2D eigenvalue weighted by molar-refractivity contribution is -0.149. The minimum Gasteiger partial charge on any atom is -0.392 e. The van der Waals surface area contributed by atoms with Gasteiger partial charge in [0.15, 0.2) is 0 Å². The Morgan fingerprint density at radius 3 is 2.55 bits per heavy atom. The van der Waals surface area contributed by atoms with Crippen molar-refractivity contribution in [2.75, 3.05) is 13.1 Å². The average molecular weight is 431 g/mol. The second-order valence-electron chi connectivity index (χ2n) is 9.74. The predicted molar refractivity (Wildman–Crippen MR) is 119 cm³/mol.